The monoisotopic (exact) mass is 820 g/mol. The van der Waals surface area contributed by atoms with Gasteiger partial charge in [0.1, 0.15) is 23.7 Å². The summed E-state index contributed by atoms with van der Waals surface area (Å²) in [5.74, 6) is 6.35. The average molecular weight is 821 g/mol. The molecule has 16 nitrogen and oxygen atoms in total. The predicted molar refractivity (Wildman–Crippen MR) is 221 cm³/mol. The molecule has 2 aliphatic heterocycles. The van der Waals surface area contributed by atoms with Crippen LogP contribution in [0, 0.1) is 23.7 Å². The quantitative estimate of drug-likeness (QED) is 0.0822. The number of esters is 1. The number of carbonyl (C=O) groups is 5. The Morgan fingerprint density at radius 2 is 1.17 bits per heavy atom. The Bertz CT molecular complexity index is 2270. The summed E-state index contributed by atoms with van der Waals surface area (Å²) in [6.07, 6.45) is 5.14. The number of methoxy groups -OCH3 is 3. The van der Waals surface area contributed by atoms with Crippen molar-refractivity contribution in [3.8, 4) is 34.4 Å². The summed E-state index contributed by atoms with van der Waals surface area (Å²) < 4.78 is 14.6. The molecule has 0 saturated carbocycles. The summed E-state index contributed by atoms with van der Waals surface area (Å²) in [5.41, 5.74) is 4.49. The van der Waals surface area contributed by atoms with Gasteiger partial charge in [-0.3, -0.25) is 9.59 Å². The van der Waals surface area contributed by atoms with Gasteiger partial charge in [-0.2, -0.15) is 0 Å². The lowest BCUT2D eigenvalue weighted by molar-refractivity contribution is -0.136. The molecule has 4 heterocycles. The highest BCUT2D eigenvalue weighted by Gasteiger charge is 2.39. The molecular weight excluding hydrogens is 769 g/mol. The molecule has 4 aromatic rings. The molecule has 2 fully saturated rings. The third kappa shape index (κ3) is 9.46. The second kappa shape index (κ2) is 19.0. The highest BCUT2D eigenvalue weighted by Crippen LogP contribution is 2.34. The minimum Gasteiger partial charge on any atom is -0.465 e. The fraction of sp³-hybridized carbons (Fsp3) is 0.432. The lowest BCUT2D eigenvalue weighted by Gasteiger charge is -2.30. The Labute approximate surface area is 349 Å². The zero-order valence-electron chi connectivity index (χ0n) is 35.0. The van der Waals surface area contributed by atoms with Crippen LogP contribution in [0.1, 0.15) is 98.6 Å². The molecular formula is C44H52N8O8. The van der Waals surface area contributed by atoms with Crippen LogP contribution in [0.15, 0.2) is 54.9 Å². The summed E-state index contributed by atoms with van der Waals surface area (Å²) in [4.78, 5) is 83.6. The molecule has 0 aliphatic carbocycles. The molecule has 4 unspecified atom stereocenters. The Hall–Kier alpha value is -6.63. The van der Waals surface area contributed by atoms with Crippen molar-refractivity contribution in [2.75, 3.05) is 34.4 Å². The molecule has 0 spiro atoms. The Balaban J connectivity index is 1.16. The van der Waals surface area contributed by atoms with Gasteiger partial charge in [-0.1, -0.05) is 57.7 Å². The maximum absolute atomic E-state index is 13.6. The van der Waals surface area contributed by atoms with E-state index in [4.69, 9.17) is 14.2 Å². The number of imidazole rings is 2. The van der Waals surface area contributed by atoms with Crippen LogP contribution in [0.2, 0.25) is 0 Å². The van der Waals surface area contributed by atoms with E-state index in [-0.39, 0.29) is 41.3 Å². The number of aromatic nitrogens is 4. The van der Waals surface area contributed by atoms with Gasteiger partial charge in [0.15, 0.2) is 0 Å². The number of benzene rings is 2. The van der Waals surface area contributed by atoms with Crippen LogP contribution in [0.3, 0.4) is 0 Å². The van der Waals surface area contributed by atoms with Gasteiger partial charge in [0.25, 0.3) is 0 Å². The third-order valence-electron chi connectivity index (χ3n) is 11.0. The first-order valence-electron chi connectivity index (χ1n) is 20.1. The van der Waals surface area contributed by atoms with Gasteiger partial charge in [-0.15, -0.1) is 0 Å². The van der Waals surface area contributed by atoms with Crippen molar-refractivity contribution >= 4 is 30.0 Å². The van der Waals surface area contributed by atoms with Crippen molar-refractivity contribution in [1.82, 2.24) is 40.4 Å². The van der Waals surface area contributed by atoms with Gasteiger partial charge >= 0.3 is 18.2 Å². The van der Waals surface area contributed by atoms with E-state index in [1.165, 1.54) is 21.3 Å². The molecule has 16 heteroatoms. The lowest BCUT2D eigenvalue weighted by atomic mass is 10.0. The van der Waals surface area contributed by atoms with Crippen molar-refractivity contribution in [1.29, 1.82) is 0 Å². The Morgan fingerprint density at radius 3 is 1.63 bits per heavy atom. The van der Waals surface area contributed by atoms with E-state index in [1.807, 2.05) is 58.0 Å². The minimum absolute atomic E-state index is 0.132. The maximum Gasteiger partial charge on any atom is 0.407 e. The molecule has 0 radical (unpaired) electrons. The first kappa shape index (κ1) is 43.0. The standard InChI is InChI=1S/C44H52N8O8/c1-25(2)36(49-43(56)59-6)40(53)51-20-8-10-34(51)38-45-23-32(47-38)29-16-13-27(14-17-29)12-15-28-18-19-30(22-31(28)42(55)58-5)33-24-46-39(48-33)35-11-9-21-52(35)41(54)37(26(3)4)50-44(57)60-7/h13-14,16-19,22-26,34-37H,8-11,20-21H2,1-7H3,(H,45,47)(H,46,48)(H,49,56)(H,50,57). The van der Waals surface area contributed by atoms with Crippen LogP contribution in [-0.2, 0) is 23.8 Å². The number of aromatic amines is 2. The molecule has 2 aromatic heterocycles. The number of hydrogen-bond acceptors (Lipinski definition) is 10. The summed E-state index contributed by atoms with van der Waals surface area (Å²) in [5, 5.41) is 5.34. The molecule has 6 rings (SSSR count). The van der Waals surface area contributed by atoms with Crippen molar-refractivity contribution in [3.63, 3.8) is 0 Å². The smallest absolute Gasteiger partial charge is 0.407 e. The third-order valence-corrected chi connectivity index (χ3v) is 11.0. The van der Waals surface area contributed by atoms with Crippen molar-refractivity contribution in [2.45, 2.75) is 77.5 Å². The zero-order chi connectivity index (χ0) is 43.1. The molecule has 4 atom stereocenters. The van der Waals surface area contributed by atoms with E-state index < -0.39 is 30.2 Å². The number of amides is 4. The van der Waals surface area contributed by atoms with Crippen LogP contribution in [0.5, 0.6) is 0 Å². The zero-order valence-corrected chi connectivity index (χ0v) is 35.0. The number of rotatable bonds is 11. The molecule has 60 heavy (non-hydrogen) atoms. The Kier molecular flexibility index (Phi) is 13.6. The van der Waals surface area contributed by atoms with Gasteiger partial charge in [-0.05, 0) is 67.3 Å². The fourth-order valence-corrected chi connectivity index (χ4v) is 7.66. The summed E-state index contributed by atoms with van der Waals surface area (Å²) in [7, 11) is 3.85. The van der Waals surface area contributed by atoms with Gasteiger partial charge in [-0.25, -0.2) is 24.4 Å². The van der Waals surface area contributed by atoms with Crippen molar-refractivity contribution in [3.05, 3.63) is 83.2 Å². The van der Waals surface area contributed by atoms with Crippen LogP contribution in [0.4, 0.5) is 9.59 Å². The van der Waals surface area contributed by atoms with E-state index in [2.05, 4.69) is 42.4 Å². The number of nitrogens with one attached hydrogen (secondary N) is 4. The average Bonchev–Trinajstić information content (AvgIpc) is 4.10. The summed E-state index contributed by atoms with van der Waals surface area (Å²) in [6.45, 7) is 8.58. The second-order valence-corrected chi connectivity index (χ2v) is 15.5. The van der Waals surface area contributed by atoms with E-state index in [1.54, 1.807) is 34.3 Å². The predicted octanol–water partition coefficient (Wildman–Crippen LogP) is 5.74. The SMILES string of the molecule is COC(=O)NC(C(=O)N1CCCC1c1ncc(-c2ccc(C#Cc3ccc(-c4cnc(C5CCCN5C(=O)C(NC(=O)OC)C(C)C)[nH]4)cc3C(=O)OC)cc2)[nH]1)C(C)C. The molecule has 2 aliphatic rings. The van der Waals surface area contributed by atoms with Crippen molar-refractivity contribution < 1.29 is 38.2 Å². The number of carbonyl (C=O) groups excluding carboxylic acids is 5. The summed E-state index contributed by atoms with van der Waals surface area (Å²) >= 11 is 0. The molecule has 0 bridgehead atoms. The summed E-state index contributed by atoms with van der Waals surface area (Å²) in [6, 6.07) is 10.9. The minimum atomic E-state index is -0.747. The highest BCUT2D eigenvalue weighted by atomic mass is 16.5. The first-order valence-corrected chi connectivity index (χ1v) is 20.1. The number of nitrogens with zero attached hydrogens (tertiary/aromatic N) is 4. The molecule has 2 aromatic carbocycles. The maximum atomic E-state index is 13.6. The van der Waals surface area contributed by atoms with Crippen LogP contribution >= 0.6 is 0 Å². The topological polar surface area (TPSA) is 201 Å². The van der Waals surface area contributed by atoms with Gasteiger partial charge in [0, 0.05) is 29.8 Å². The molecule has 4 amide bonds. The van der Waals surface area contributed by atoms with Crippen LogP contribution < -0.4 is 10.6 Å². The molecule has 4 N–H and O–H groups in total. The van der Waals surface area contributed by atoms with Crippen LogP contribution in [0.25, 0.3) is 22.5 Å². The van der Waals surface area contributed by atoms with E-state index in [0.29, 0.717) is 48.0 Å². The van der Waals surface area contributed by atoms with E-state index in [0.717, 1.165) is 36.1 Å². The van der Waals surface area contributed by atoms with Crippen LogP contribution in [-0.4, -0.2) is 106 Å². The van der Waals surface area contributed by atoms with E-state index in [9.17, 15) is 24.0 Å². The van der Waals surface area contributed by atoms with Gasteiger partial charge in [0.05, 0.1) is 62.8 Å². The number of H-pyrrole nitrogens is 2. The number of likely N-dealkylation sites (tertiary alicyclic amines) is 2. The van der Waals surface area contributed by atoms with Gasteiger partial charge in [0.2, 0.25) is 11.8 Å². The van der Waals surface area contributed by atoms with E-state index >= 15 is 0 Å². The molecule has 316 valence electrons. The number of ether oxygens (including phenoxy) is 3. The normalized spacial score (nSPS) is 17.1. The number of alkyl carbamates (subject to hydrolysis) is 2. The first-order chi connectivity index (χ1) is 28.8. The van der Waals surface area contributed by atoms with Crippen molar-refractivity contribution in [2.24, 2.45) is 11.8 Å². The highest BCUT2D eigenvalue weighted by molar-refractivity contribution is 5.94. The largest absolute Gasteiger partial charge is 0.465 e. The number of hydrogen-bond donors (Lipinski definition) is 4. The van der Waals surface area contributed by atoms with Gasteiger partial charge < -0.3 is 44.6 Å². The fourth-order valence-electron chi connectivity index (χ4n) is 7.66. The Morgan fingerprint density at radius 1 is 0.683 bits per heavy atom. The second-order valence-electron chi connectivity index (χ2n) is 15.5. The lowest BCUT2D eigenvalue weighted by Crippen LogP contribution is -2.51. The molecule has 2 saturated heterocycles.